The number of anilines is 1. The van der Waals surface area contributed by atoms with E-state index in [0.717, 1.165) is 25.9 Å². The van der Waals surface area contributed by atoms with E-state index in [2.05, 4.69) is 20.0 Å². The highest BCUT2D eigenvalue weighted by atomic mass is 16.5. The van der Waals surface area contributed by atoms with Crippen LogP contribution < -0.4 is 5.32 Å². The highest BCUT2D eigenvalue weighted by Crippen LogP contribution is 2.08. The molecule has 1 aliphatic rings. The van der Waals surface area contributed by atoms with E-state index in [1.165, 1.54) is 13.3 Å². The van der Waals surface area contributed by atoms with Crippen LogP contribution in [0.3, 0.4) is 0 Å². The third-order valence-electron chi connectivity index (χ3n) is 2.90. The zero-order chi connectivity index (χ0) is 13.7. The van der Waals surface area contributed by atoms with Crippen molar-refractivity contribution in [2.24, 2.45) is 0 Å². The molecular weight excluding hydrogens is 248 g/mol. The van der Waals surface area contributed by atoms with Gasteiger partial charge in [0, 0.05) is 19.3 Å². The predicted octanol–water partition coefficient (Wildman–Crippen LogP) is 0.297. The standard InChI is InChI=1S/C12H16N4O3/c1-19-12(18)11-13-5-4-9(15-11)14-8-10(17)16-6-2-3-7-16/h4-5H,2-3,6-8H2,1H3,(H,13,14,15). The van der Waals surface area contributed by atoms with Gasteiger partial charge in [0.1, 0.15) is 5.82 Å². The summed E-state index contributed by atoms with van der Waals surface area (Å²) in [6.07, 6.45) is 3.57. The molecule has 1 N–H and O–H groups in total. The quantitative estimate of drug-likeness (QED) is 0.787. The molecule has 0 spiro atoms. The Hall–Kier alpha value is -2.18. The molecule has 7 heteroatoms. The Labute approximate surface area is 111 Å². The Balaban J connectivity index is 1.92. The molecule has 0 atom stereocenters. The lowest BCUT2D eigenvalue weighted by Gasteiger charge is -2.15. The molecule has 1 saturated heterocycles. The Morgan fingerprint density at radius 1 is 1.42 bits per heavy atom. The molecule has 0 saturated carbocycles. The molecule has 1 aromatic heterocycles. The lowest BCUT2D eigenvalue weighted by molar-refractivity contribution is -0.128. The third-order valence-corrected chi connectivity index (χ3v) is 2.90. The Bertz CT molecular complexity index is 472. The molecule has 0 aliphatic carbocycles. The lowest BCUT2D eigenvalue weighted by Crippen LogP contribution is -2.33. The number of nitrogens with one attached hydrogen (secondary N) is 1. The van der Waals surface area contributed by atoms with E-state index in [1.54, 1.807) is 6.07 Å². The first-order valence-corrected chi connectivity index (χ1v) is 6.13. The van der Waals surface area contributed by atoms with Crippen molar-refractivity contribution >= 4 is 17.7 Å². The van der Waals surface area contributed by atoms with Crippen LogP contribution in [-0.2, 0) is 9.53 Å². The van der Waals surface area contributed by atoms with Crippen LogP contribution in [0.2, 0.25) is 0 Å². The first-order valence-electron chi connectivity index (χ1n) is 6.13. The number of carbonyl (C=O) groups is 2. The zero-order valence-electron chi connectivity index (χ0n) is 10.8. The van der Waals surface area contributed by atoms with Gasteiger partial charge in [0.25, 0.3) is 0 Å². The molecule has 1 aliphatic heterocycles. The molecule has 1 amide bonds. The molecule has 0 aromatic carbocycles. The predicted molar refractivity (Wildman–Crippen MR) is 67.7 cm³/mol. The Morgan fingerprint density at radius 2 is 2.16 bits per heavy atom. The lowest BCUT2D eigenvalue weighted by atomic mass is 10.4. The molecule has 2 rings (SSSR count). The van der Waals surface area contributed by atoms with Crippen molar-refractivity contribution in [3.63, 3.8) is 0 Å². The van der Waals surface area contributed by atoms with E-state index in [1.807, 2.05) is 4.90 Å². The zero-order valence-corrected chi connectivity index (χ0v) is 10.8. The molecule has 7 nitrogen and oxygen atoms in total. The van der Waals surface area contributed by atoms with Crippen LogP contribution in [0.1, 0.15) is 23.5 Å². The van der Waals surface area contributed by atoms with Crippen LogP contribution in [0.25, 0.3) is 0 Å². The van der Waals surface area contributed by atoms with Gasteiger partial charge in [-0.1, -0.05) is 0 Å². The maximum absolute atomic E-state index is 11.8. The number of hydrogen-bond acceptors (Lipinski definition) is 6. The number of esters is 1. The summed E-state index contributed by atoms with van der Waals surface area (Å²) in [6, 6.07) is 1.60. The van der Waals surface area contributed by atoms with Gasteiger partial charge in [0.05, 0.1) is 13.7 Å². The SMILES string of the molecule is COC(=O)c1nccc(NCC(=O)N2CCCC2)n1. The maximum atomic E-state index is 11.8. The number of amides is 1. The van der Waals surface area contributed by atoms with Crippen LogP contribution in [0.5, 0.6) is 0 Å². The fourth-order valence-corrected chi connectivity index (χ4v) is 1.89. The van der Waals surface area contributed by atoms with E-state index in [4.69, 9.17) is 0 Å². The highest BCUT2D eigenvalue weighted by Gasteiger charge is 2.17. The minimum absolute atomic E-state index is 0.0267. The summed E-state index contributed by atoms with van der Waals surface area (Å²) >= 11 is 0. The minimum Gasteiger partial charge on any atom is -0.463 e. The normalized spacial score (nSPS) is 14.3. The molecule has 19 heavy (non-hydrogen) atoms. The number of rotatable bonds is 4. The number of carbonyl (C=O) groups excluding carboxylic acids is 2. The monoisotopic (exact) mass is 264 g/mol. The van der Waals surface area contributed by atoms with E-state index in [0.29, 0.717) is 5.82 Å². The summed E-state index contributed by atoms with van der Waals surface area (Å²) in [6.45, 7) is 1.80. The van der Waals surface area contributed by atoms with Gasteiger partial charge in [-0.2, -0.15) is 0 Å². The number of hydrogen-bond donors (Lipinski definition) is 1. The number of nitrogens with zero attached hydrogens (tertiary/aromatic N) is 3. The highest BCUT2D eigenvalue weighted by molar-refractivity contribution is 5.85. The van der Waals surface area contributed by atoms with Gasteiger partial charge < -0.3 is 15.0 Å². The maximum Gasteiger partial charge on any atom is 0.376 e. The molecular formula is C12H16N4O3. The van der Waals surface area contributed by atoms with Gasteiger partial charge in [-0.25, -0.2) is 14.8 Å². The molecule has 0 radical (unpaired) electrons. The average Bonchev–Trinajstić information content (AvgIpc) is 2.98. The van der Waals surface area contributed by atoms with Crippen molar-refractivity contribution < 1.29 is 14.3 Å². The molecule has 1 fully saturated rings. The largest absolute Gasteiger partial charge is 0.463 e. The third kappa shape index (κ3) is 3.40. The molecule has 2 heterocycles. The average molecular weight is 264 g/mol. The van der Waals surface area contributed by atoms with Crippen molar-refractivity contribution in [2.75, 3.05) is 32.1 Å². The smallest absolute Gasteiger partial charge is 0.376 e. The van der Waals surface area contributed by atoms with Crippen LogP contribution in [0.15, 0.2) is 12.3 Å². The van der Waals surface area contributed by atoms with Crippen molar-refractivity contribution in [1.82, 2.24) is 14.9 Å². The van der Waals surface area contributed by atoms with Crippen LogP contribution in [0, 0.1) is 0 Å². The topological polar surface area (TPSA) is 84.4 Å². The number of likely N-dealkylation sites (tertiary alicyclic amines) is 1. The summed E-state index contributed by atoms with van der Waals surface area (Å²) < 4.78 is 4.53. The summed E-state index contributed by atoms with van der Waals surface area (Å²) in [5.41, 5.74) is 0. The van der Waals surface area contributed by atoms with Crippen LogP contribution >= 0.6 is 0 Å². The van der Waals surface area contributed by atoms with Crippen molar-refractivity contribution in [1.29, 1.82) is 0 Å². The Morgan fingerprint density at radius 3 is 2.84 bits per heavy atom. The second kappa shape index (κ2) is 6.12. The van der Waals surface area contributed by atoms with Gasteiger partial charge in [-0.15, -0.1) is 0 Å². The summed E-state index contributed by atoms with van der Waals surface area (Å²) in [4.78, 5) is 32.7. The van der Waals surface area contributed by atoms with E-state index >= 15 is 0 Å². The number of ether oxygens (including phenoxy) is 1. The van der Waals surface area contributed by atoms with E-state index in [-0.39, 0.29) is 18.3 Å². The van der Waals surface area contributed by atoms with E-state index < -0.39 is 5.97 Å². The molecule has 0 bridgehead atoms. The van der Waals surface area contributed by atoms with Crippen LogP contribution in [-0.4, -0.2) is 53.5 Å². The van der Waals surface area contributed by atoms with Gasteiger partial charge in [0.2, 0.25) is 11.7 Å². The van der Waals surface area contributed by atoms with Crippen molar-refractivity contribution in [3.05, 3.63) is 18.1 Å². The summed E-state index contributed by atoms with van der Waals surface area (Å²) in [5, 5.41) is 2.89. The van der Waals surface area contributed by atoms with E-state index in [9.17, 15) is 9.59 Å². The van der Waals surface area contributed by atoms with Gasteiger partial charge in [-0.05, 0) is 18.9 Å². The molecule has 1 aromatic rings. The summed E-state index contributed by atoms with van der Waals surface area (Å²) in [5.74, 6) is -0.158. The van der Waals surface area contributed by atoms with Crippen molar-refractivity contribution in [2.45, 2.75) is 12.8 Å². The second-order valence-corrected chi connectivity index (χ2v) is 4.20. The number of aromatic nitrogens is 2. The van der Waals surface area contributed by atoms with Crippen molar-refractivity contribution in [3.8, 4) is 0 Å². The summed E-state index contributed by atoms with van der Waals surface area (Å²) in [7, 11) is 1.27. The number of methoxy groups -OCH3 is 1. The van der Waals surface area contributed by atoms with Gasteiger partial charge in [-0.3, -0.25) is 4.79 Å². The minimum atomic E-state index is -0.602. The molecule has 102 valence electrons. The fourth-order valence-electron chi connectivity index (χ4n) is 1.89. The van der Waals surface area contributed by atoms with Gasteiger partial charge >= 0.3 is 5.97 Å². The van der Waals surface area contributed by atoms with Gasteiger partial charge in [0.15, 0.2) is 0 Å². The second-order valence-electron chi connectivity index (χ2n) is 4.20. The first-order chi connectivity index (χ1) is 9.20. The molecule has 0 unspecified atom stereocenters. The Kier molecular flexibility index (Phi) is 4.27. The van der Waals surface area contributed by atoms with Crippen LogP contribution in [0.4, 0.5) is 5.82 Å². The fraction of sp³-hybridized carbons (Fsp3) is 0.500. The first kappa shape index (κ1) is 13.3.